The fourth-order valence-corrected chi connectivity index (χ4v) is 3.26. The molecule has 0 radical (unpaired) electrons. The van der Waals surface area contributed by atoms with Crippen LogP contribution >= 0.6 is 23.4 Å². The van der Waals surface area contributed by atoms with Gasteiger partial charge in [0, 0.05) is 9.92 Å². The van der Waals surface area contributed by atoms with Crippen molar-refractivity contribution in [3.05, 3.63) is 64.7 Å². The lowest BCUT2D eigenvalue weighted by atomic mass is 9.86. The van der Waals surface area contributed by atoms with Crippen LogP contribution < -0.4 is 5.43 Å². The Morgan fingerprint density at radius 3 is 2.19 bits per heavy atom. The van der Waals surface area contributed by atoms with Gasteiger partial charge in [-0.15, -0.1) is 11.8 Å². The van der Waals surface area contributed by atoms with Gasteiger partial charge in [-0.05, 0) is 54.7 Å². The monoisotopic (exact) mass is 388 g/mol. The highest BCUT2D eigenvalue weighted by atomic mass is 35.5. The number of nitrogens with one attached hydrogen (secondary N) is 1. The summed E-state index contributed by atoms with van der Waals surface area (Å²) in [4.78, 5) is 13.3. The molecule has 0 aromatic heterocycles. The molecule has 0 unspecified atom stereocenters. The van der Waals surface area contributed by atoms with Crippen molar-refractivity contribution < 1.29 is 4.79 Å². The zero-order valence-corrected chi connectivity index (χ0v) is 17.4. The van der Waals surface area contributed by atoms with Crippen LogP contribution in [0.2, 0.25) is 5.02 Å². The smallest absolute Gasteiger partial charge is 0.253 e. The SMILES string of the molecule is C/C(=N/NC(=O)[C@@H](C)Sc1ccc(Cl)cc1)c1ccc(C(C)(C)C)cc1. The molecule has 0 bridgehead atoms. The van der Waals surface area contributed by atoms with Crippen molar-refractivity contribution in [2.24, 2.45) is 5.10 Å². The first-order valence-corrected chi connectivity index (χ1v) is 9.80. The highest BCUT2D eigenvalue weighted by Gasteiger charge is 2.15. The third-order valence-corrected chi connectivity index (χ3v) is 5.36. The lowest BCUT2D eigenvalue weighted by Crippen LogP contribution is -2.27. The Morgan fingerprint density at radius 2 is 1.65 bits per heavy atom. The Morgan fingerprint density at radius 1 is 1.08 bits per heavy atom. The third kappa shape index (κ3) is 5.89. The number of amides is 1. The van der Waals surface area contributed by atoms with Gasteiger partial charge >= 0.3 is 0 Å². The van der Waals surface area contributed by atoms with E-state index in [0.29, 0.717) is 5.02 Å². The van der Waals surface area contributed by atoms with E-state index in [0.717, 1.165) is 16.2 Å². The number of carbonyl (C=O) groups is 1. The van der Waals surface area contributed by atoms with E-state index in [1.54, 1.807) is 0 Å². The molecule has 0 aliphatic rings. The first kappa shape index (κ1) is 20.5. The number of rotatable bonds is 5. The van der Waals surface area contributed by atoms with Gasteiger partial charge in [0.05, 0.1) is 11.0 Å². The second kappa shape index (κ2) is 8.74. The molecule has 0 aliphatic carbocycles. The zero-order valence-electron chi connectivity index (χ0n) is 15.8. The number of hydrazone groups is 1. The second-order valence-electron chi connectivity index (χ2n) is 7.21. The summed E-state index contributed by atoms with van der Waals surface area (Å²) in [6.45, 7) is 10.3. The van der Waals surface area contributed by atoms with Crippen LogP contribution in [0.4, 0.5) is 0 Å². The molecule has 0 heterocycles. The molecule has 0 fully saturated rings. The molecular formula is C21H25ClN2OS. The van der Waals surface area contributed by atoms with E-state index in [4.69, 9.17) is 11.6 Å². The predicted molar refractivity (Wildman–Crippen MR) is 112 cm³/mol. The van der Waals surface area contributed by atoms with Gasteiger partial charge in [0.1, 0.15) is 0 Å². The molecule has 2 aromatic carbocycles. The predicted octanol–water partition coefficient (Wildman–Crippen LogP) is 5.66. The zero-order chi connectivity index (χ0) is 19.3. The number of thioether (sulfide) groups is 1. The van der Waals surface area contributed by atoms with Gasteiger partial charge in [0.15, 0.2) is 0 Å². The maximum atomic E-state index is 12.3. The number of carbonyl (C=O) groups excluding carboxylic acids is 1. The first-order chi connectivity index (χ1) is 12.2. The van der Waals surface area contributed by atoms with Crippen molar-refractivity contribution in [1.29, 1.82) is 0 Å². The van der Waals surface area contributed by atoms with Crippen molar-refractivity contribution in [2.75, 3.05) is 0 Å². The molecule has 0 saturated heterocycles. The van der Waals surface area contributed by atoms with Crippen molar-refractivity contribution in [3.8, 4) is 0 Å². The van der Waals surface area contributed by atoms with Crippen LogP contribution in [0.15, 0.2) is 58.5 Å². The minimum absolute atomic E-state index is 0.117. The van der Waals surface area contributed by atoms with E-state index in [9.17, 15) is 4.79 Å². The molecular weight excluding hydrogens is 364 g/mol. The molecule has 2 aromatic rings. The van der Waals surface area contributed by atoms with E-state index >= 15 is 0 Å². The van der Waals surface area contributed by atoms with Crippen LogP contribution in [0, 0.1) is 0 Å². The fourth-order valence-electron chi connectivity index (χ4n) is 2.28. The van der Waals surface area contributed by atoms with E-state index in [1.165, 1.54) is 17.3 Å². The minimum Gasteiger partial charge on any atom is -0.272 e. The van der Waals surface area contributed by atoms with Gasteiger partial charge in [-0.25, -0.2) is 5.43 Å². The molecule has 0 spiro atoms. The molecule has 3 nitrogen and oxygen atoms in total. The maximum Gasteiger partial charge on any atom is 0.253 e. The summed E-state index contributed by atoms with van der Waals surface area (Å²) in [6, 6.07) is 15.7. The summed E-state index contributed by atoms with van der Waals surface area (Å²) in [5.74, 6) is -0.129. The molecule has 1 atom stereocenters. The standard InChI is InChI=1S/C21H25ClN2OS/c1-14(16-6-8-17(9-7-16)21(3,4)5)23-24-20(25)15(2)26-19-12-10-18(22)11-13-19/h6-13,15H,1-5H3,(H,24,25)/b23-14-/t15-/m1/s1. The van der Waals surface area contributed by atoms with Crippen LogP contribution in [0.25, 0.3) is 0 Å². The van der Waals surface area contributed by atoms with Gasteiger partial charge < -0.3 is 0 Å². The normalized spacial score (nSPS) is 13.4. The molecule has 1 N–H and O–H groups in total. The van der Waals surface area contributed by atoms with Gasteiger partial charge in [-0.1, -0.05) is 56.6 Å². The average molecular weight is 389 g/mol. The van der Waals surface area contributed by atoms with E-state index < -0.39 is 0 Å². The van der Waals surface area contributed by atoms with Crippen LogP contribution in [-0.4, -0.2) is 16.9 Å². The quantitative estimate of drug-likeness (QED) is 0.408. The summed E-state index contributed by atoms with van der Waals surface area (Å²) in [7, 11) is 0. The van der Waals surface area contributed by atoms with E-state index in [2.05, 4.69) is 43.4 Å². The van der Waals surface area contributed by atoms with Gasteiger partial charge in [0.2, 0.25) is 0 Å². The van der Waals surface area contributed by atoms with Crippen molar-refractivity contribution >= 4 is 35.0 Å². The lowest BCUT2D eigenvalue weighted by molar-refractivity contribution is -0.120. The Bertz CT molecular complexity index is 777. The second-order valence-corrected chi connectivity index (χ2v) is 9.07. The summed E-state index contributed by atoms with van der Waals surface area (Å²) in [5, 5.41) is 4.68. The minimum atomic E-state index is -0.254. The summed E-state index contributed by atoms with van der Waals surface area (Å²) in [5.41, 5.74) is 5.82. The van der Waals surface area contributed by atoms with Crippen molar-refractivity contribution in [1.82, 2.24) is 5.43 Å². The van der Waals surface area contributed by atoms with Gasteiger partial charge in [-0.2, -0.15) is 5.10 Å². The van der Waals surface area contributed by atoms with Gasteiger partial charge in [-0.3, -0.25) is 4.79 Å². The molecule has 26 heavy (non-hydrogen) atoms. The van der Waals surface area contributed by atoms with Gasteiger partial charge in [0.25, 0.3) is 5.91 Å². The number of hydrogen-bond acceptors (Lipinski definition) is 3. The third-order valence-electron chi connectivity index (χ3n) is 4.00. The molecule has 0 saturated carbocycles. The number of halogens is 1. The molecule has 1 amide bonds. The van der Waals surface area contributed by atoms with Crippen LogP contribution in [0.1, 0.15) is 45.7 Å². The first-order valence-electron chi connectivity index (χ1n) is 8.54. The average Bonchev–Trinajstić information content (AvgIpc) is 2.60. The number of benzene rings is 2. The fraction of sp³-hybridized carbons (Fsp3) is 0.333. The number of hydrogen-bond donors (Lipinski definition) is 1. The molecule has 2 rings (SSSR count). The summed E-state index contributed by atoms with van der Waals surface area (Å²) in [6.07, 6.45) is 0. The highest BCUT2D eigenvalue weighted by molar-refractivity contribution is 8.00. The topological polar surface area (TPSA) is 41.5 Å². The number of nitrogens with zero attached hydrogens (tertiary/aromatic N) is 1. The molecule has 0 aliphatic heterocycles. The maximum absolute atomic E-state index is 12.3. The summed E-state index contributed by atoms with van der Waals surface area (Å²) >= 11 is 7.35. The van der Waals surface area contributed by atoms with Crippen LogP contribution in [0.5, 0.6) is 0 Å². The Balaban J connectivity index is 1.96. The van der Waals surface area contributed by atoms with Crippen LogP contribution in [-0.2, 0) is 10.2 Å². The Labute approximate surface area is 165 Å². The van der Waals surface area contributed by atoms with Crippen LogP contribution in [0.3, 0.4) is 0 Å². The summed E-state index contributed by atoms with van der Waals surface area (Å²) < 4.78 is 0. The van der Waals surface area contributed by atoms with Crippen molar-refractivity contribution in [3.63, 3.8) is 0 Å². The molecule has 5 heteroatoms. The van der Waals surface area contributed by atoms with E-state index in [1.807, 2.05) is 50.2 Å². The Hall–Kier alpha value is -1.78. The molecule has 138 valence electrons. The van der Waals surface area contributed by atoms with E-state index in [-0.39, 0.29) is 16.6 Å². The van der Waals surface area contributed by atoms with Crippen molar-refractivity contribution in [2.45, 2.75) is 50.2 Å². The highest BCUT2D eigenvalue weighted by Crippen LogP contribution is 2.25. The lowest BCUT2D eigenvalue weighted by Gasteiger charge is -2.19. The Kier molecular flexibility index (Phi) is 6.90. The largest absolute Gasteiger partial charge is 0.272 e.